The molecule has 182 valence electrons. The van der Waals surface area contributed by atoms with E-state index >= 15 is 0 Å². The van der Waals surface area contributed by atoms with Crippen LogP contribution < -0.4 is 14.4 Å². The Kier molecular flexibility index (Phi) is 5.84. The number of hydrogen-bond acceptors (Lipinski definition) is 4. The normalized spacial score (nSPS) is 29.6. The molecule has 0 heterocycles. The Bertz CT molecular complexity index is 1190. The summed E-state index contributed by atoms with van der Waals surface area (Å²) in [6.45, 7) is 2.08. The minimum atomic E-state index is -3.84. The highest BCUT2D eigenvalue weighted by Gasteiger charge is 2.60. The lowest BCUT2D eigenvalue weighted by Gasteiger charge is -2.59. The minimum absolute atomic E-state index is 0.0742. The van der Waals surface area contributed by atoms with Crippen molar-refractivity contribution >= 4 is 38.9 Å². The molecule has 4 aliphatic carbocycles. The zero-order valence-electron chi connectivity index (χ0n) is 19.6. The van der Waals surface area contributed by atoms with Crippen molar-refractivity contribution in [1.29, 1.82) is 0 Å². The largest absolute Gasteiger partial charge is 0.495 e. The van der Waals surface area contributed by atoms with Crippen molar-refractivity contribution in [2.45, 2.75) is 55.2 Å². The number of hydrogen-bond donors (Lipinski definition) is 1. The van der Waals surface area contributed by atoms with Crippen LogP contribution in [0.5, 0.6) is 5.75 Å². The van der Waals surface area contributed by atoms with Crippen LogP contribution in [0.1, 0.15) is 45.4 Å². The number of alkyl halides is 1. The van der Waals surface area contributed by atoms with Crippen LogP contribution >= 0.6 is 11.6 Å². The van der Waals surface area contributed by atoms with Crippen LogP contribution in [0, 0.1) is 17.3 Å². The molecule has 0 aromatic heterocycles. The Hall–Kier alpha value is -2.25. The van der Waals surface area contributed by atoms with Gasteiger partial charge in [-0.25, -0.2) is 8.42 Å². The average molecular weight is 503 g/mol. The van der Waals surface area contributed by atoms with Gasteiger partial charge in [0.1, 0.15) is 5.75 Å². The highest BCUT2D eigenvalue weighted by atomic mass is 35.5. The second-order valence-electron chi connectivity index (χ2n) is 10.2. The van der Waals surface area contributed by atoms with Gasteiger partial charge in [-0.15, -0.1) is 11.6 Å². The van der Waals surface area contributed by atoms with Crippen molar-refractivity contribution in [3.05, 3.63) is 48.5 Å². The van der Waals surface area contributed by atoms with Crippen molar-refractivity contribution < 1.29 is 17.9 Å². The van der Waals surface area contributed by atoms with E-state index in [0.717, 1.165) is 32.1 Å². The number of carbonyl (C=O) groups is 1. The summed E-state index contributed by atoms with van der Waals surface area (Å²) >= 11 is 6.93. The summed E-state index contributed by atoms with van der Waals surface area (Å²) in [4.78, 5) is 13.5. The molecular formula is C26H31ClN2O4S. The van der Waals surface area contributed by atoms with E-state index < -0.39 is 15.4 Å². The zero-order valence-corrected chi connectivity index (χ0v) is 21.2. The van der Waals surface area contributed by atoms with Gasteiger partial charge >= 0.3 is 0 Å². The van der Waals surface area contributed by atoms with Gasteiger partial charge in [0, 0.05) is 11.4 Å². The van der Waals surface area contributed by atoms with Crippen LogP contribution in [0.2, 0.25) is 0 Å². The summed E-state index contributed by atoms with van der Waals surface area (Å²) in [5.41, 5.74) is 0.468. The third-order valence-corrected chi connectivity index (χ3v) is 10.2. The highest BCUT2D eigenvalue weighted by molar-refractivity contribution is 7.92. The van der Waals surface area contributed by atoms with Gasteiger partial charge in [-0.05, 0) is 87.6 Å². The fourth-order valence-corrected chi connectivity index (χ4v) is 9.02. The van der Waals surface area contributed by atoms with Crippen LogP contribution in [-0.2, 0) is 14.8 Å². The molecule has 2 aromatic carbocycles. The number of ether oxygens (including phenoxy) is 1. The number of rotatable bonds is 7. The first-order valence-corrected chi connectivity index (χ1v) is 13.8. The first-order chi connectivity index (χ1) is 16.2. The molecule has 0 aliphatic heterocycles. The third kappa shape index (κ3) is 3.97. The molecule has 4 aliphatic rings. The Morgan fingerprint density at radius 3 is 2.38 bits per heavy atom. The van der Waals surface area contributed by atoms with Crippen molar-refractivity contribution in [1.82, 2.24) is 0 Å². The van der Waals surface area contributed by atoms with Gasteiger partial charge in [0.15, 0.2) is 0 Å². The Balaban J connectivity index is 1.46. The number of methoxy groups -OCH3 is 1. The molecule has 34 heavy (non-hydrogen) atoms. The predicted molar refractivity (Wildman–Crippen MR) is 134 cm³/mol. The van der Waals surface area contributed by atoms with E-state index in [1.165, 1.54) is 23.5 Å². The topological polar surface area (TPSA) is 75.7 Å². The summed E-state index contributed by atoms with van der Waals surface area (Å²) < 4.78 is 33.9. The fourth-order valence-electron chi connectivity index (χ4n) is 6.83. The molecule has 4 bridgehead atoms. The highest BCUT2D eigenvalue weighted by Crippen LogP contribution is 2.64. The molecule has 1 N–H and O–H groups in total. The number of para-hydroxylation sites is 1. The van der Waals surface area contributed by atoms with E-state index in [9.17, 15) is 13.2 Å². The molecule has 0 saturated heterocycles. The predicted octanol–water partition coefficient (Wildman–Crippen LogP) is 5.43. The van der Waals surface area contributed by atoms with Gasteiger partial charge in [-0.2, -0.15) is 0 Å². The van der Waals surface area contributed by atoms with Crippen molar-refractivity contribution in [2.75, 3.05) is 23.3 Å². The standard InChI is InChI=1S/C26H31ClN2O4S/c1-3-29(20-7-5-4-6-8-20)34(31,32)21-9-10-23(33-2)22(12-21)28-24(30)25-13-18-11-19(14-25)16-26(27,15-18)17-25/h4-10,12,18-19H,3,11,13-17H2,1-2H3,(H,28,30)/t18-,19-,25?,26?/m1/s1. The van der Waals surface area contributed by atoms with Gasteiger partial charge in [0.25, 0.3) is 10.0 Å². The lowest BCUT2D eigenvalue weighted by molar-refractivity contribution is -0.138. The smallest absolute Gasteiger partial charge is 0.264 e. The summed E-state index contributed by atoms with van der Waals surface area (Å²) in [6.07, 6.45) is 5.52. The molecular weight excluding hydrogens is 472 g/mol. The second-order valence-corrected chi connectivity index (χ2v) is 12.9. The number of halogens is 1. The number of anilines is 2. The average Bonchev–Trinajstić information content (AvgIpc) is 2.78. The SMILES string of the molecule is CCN(c1ccccc1)S(=O)(=O)c1ccc(OC)c(NC(=O)C23C[C@H]4C[C@@H](CC(Cl)(C4)C2)C3)c1. The zero-order chi connectivity index (χ0) is 24.1. The number of benzene rings is 2. The molecule has 6 nitrogen and oxygen atoms in total. The molecule has 8 heteroatoms. The van der Waals surface area contributed by atoms with E-state index in [2.05, 4.69) is 5.32 Å². The lowest BCUT2D eigenvalue weighted by Crippen LogP contribution is -2.57. The molecule has 2 aromatic rings. The van der Waals surface area contributed by atoms with Crippen molar-refractivity contribution in [3.63, 3.8) is 0 Å². The van der Waals surface area contributed by atoms with E-state index in [1.54, 1.807) is 25.1 Å². The maximum atomic E-state index is 13.7. The van der Waals surface area contributed by atoms with Gasteiger partial charge in [-0.3, -0.25) is 9.10 Å². The number of amides is 1. The van der Waals surface area contributed by atoms with E-state index in [1.807, 2.05) is 18.2 Å². The molecule has 0 unspecified atom stereocenters. The molecule has 4 fully saturated rings. The van der Waals surface area contributed by atoms with Gasteiger partial charge < -0.3 is 10.1 Å². The first kappa shape index (κ1) is 23.5. The molecule has 2 atom stereocenters. The maximum absolute atomic E-state index is 13.7. The van der Waals surface area contributed by atoms with Crippen LogP contribution in [0.15, 0.2) is 53.4 Å². The molecule has 0 spiro atoms. The molecule has 1 amide bonds. The van der Waals surface area contributed by atoms with Crippen LogP contribution in [0.25, 0.3) is 0 Å². The van der Waals surface area contributed by atoms with Gasteiger partial charge in [0.2, 0.25) is 5.91 Å². The number of nitrogens with one attached hydrogen (secondary N) is 1. The second kappa shape index (κ2) is 8.45. The lowest BCUT2D eigenvalue weighted by atomic mass is 9.49. The summed E-state index contributed by atoms with van der Waals surface area (Å²) in [5.74, 6) is 1.33. The minimum Gasteiger partial charge on any atom is -0.495 e. The molecule has 6 rings (SSSR count). The number of sulfonamides is 1. The van der Waals surface area contributed by atoms with Gasteiger partial charge in [0.05, 0.1) is 28.8 Å². The Morgan fingerprint density at radius 1 is 1.12 bits per heavy atom. The van der Waals surface area contributed by atoms with Gasteiger partial charge in [-0.1, -0.05) is 18.2 Å². The van der Waals surface area contributed by atoms with Crippen LogP contribution in [0.4, 0.5) is 11.4 Å². The fraction of sp³-hybridized carbons (Fsp3) is 0.500. The molecule has 4 saturated carbocycles. The molecule has 0 radical (unpaired) electrons. The van der Waals surface area contributed by atoms with E-state index in [-0.39, 0.29) is 22.2 Å². The number of nitrogens with zero attached hydrogens (tertiary/aromatic N) is 1. The van der Waals surface area contributed by atoms with Crippen LogP contribution in [0.3, 0.4) is 0 Å². The third-order valence-electron chi connectivity index (χ3n) is 7.81. The summed E-state index contributed by atoms with van der Waals surface area (Å²) in [7, 11) is -2.32. The van der Waals surface area contributed by atoms with E-state index in [4.69, 9.17) is 16.3 Å². The van der Waals surface area contributed by atoms with Crippen molar-refractivity contribution in [2.24, 2.45) is 17.3 Å². The van der Waals surface area contributed by atoms with E-state index in [0.29, 0.717) is 35.4 Å². The number of carbonyl (C=O) groups excluding carboxylic acids is 1. The Labute approximate surface area is 206 Å². The van der Waals surface area contributed by atoms with Crippen molar-refractivity contribution in [3.8, 4) is 5.75 Å². The summed E-state index contributed by atoms with van der Waals surface area (Å²) in [6, 6.07) is 13.6. The van der Waals surface area contributed by atoms with Crippen LogP contribution in [-0.4, -0.2) is 32.9 Å². The quantitative estimate of drug-likeness (QED) is 0.512. The summed E-state index contributed by atoms with van der Waals surface area (Å²) in [5, 5.41) is 3.04. The first-order valence-electron chi connectivity index (χ1n) is 11.9. The maximum Gasteiger partial charge on any atom is 0.264 e. The monoisotopic (exact) mass is 502 g/mol. The Morgan fingerprint density at radius 2 is 1.79 bits per heavy atom.